The lowest BCUT2D eigenvalue weighted by Crippen LogP contribution is -2.08. The Kier molecular flexibility index (Phi) is 6.18. The monoisotopic (exact) mass is 359 g/mol. The van der Waals surface area contributed by atoms with Crippen molar-refractivity contribution in [2.75, 3.05) is 19.0 Å². The first kappa shape index (κ1) is 15.0. The van der Waals surface area contributed by atoms with Crippen molar-refractivity contribution in [3.8, 4) is 0 Å². The van der Waals surface area contributed by atoms with E-state index in [2.05, 4.69) is 40.9 Å². The molecule has 1 rings (SSSR count). The Morgan fingerprint density at radius 2 is 2.22 bits per heavy atom. The molecule has 0 saturated carbocycles. The molecule has 0 bridgehead atoms. The van der Waals surface area contributed by atoms with Crippen LogP contribution in [0.15, 0.2) is 29.8 Å². The van der Waals surface area contributed by atoms with Crippen LogP contribution in [0.4, 0.5) is 5.69 Å². The Morgan fingerprint density at radius 3 is 2.83 bits per heavy atom. The number of carbonyl (C=O) groups is 1. The van der Waals surface area contributed by atoms with Crippen LogP contribution >= 0.6 is 22.6 Å². The first-order valence-corrected chi connectivity index (χ1v) is 6.94. The second-order valence-corrected chi connectivity index (χ2v) is 5.03. The molecular formula is C14H18INO2. The van der Waals surface area contributed by atoms with E-state index >= 15 is 0 Å². The van der Waals surface area contributed by atoms with Crippen LogP contribution in [0.1, 0.15) is 18.9 Å². The lowest BCUT2D eigenvalue weighted by Gasteiger charge is -2.09. The topological polar surface area (TPSA) is 38.3 Å². The van der Waals surface area contributed by atoms with E-state index in [1.807, 2.05) is 25.1 Å². The largest absolute Gasteiger partial charge is 0.466 e. The average Bonchev–Trinajstić information content (AvgIpc) is 2.38. The smallest absolute Gasteiger partial charge is 0.333 e. The number of methoxy groups -OCH3 is 1. The van der Waals surface area contributed by atoms with Crippen molar-refractivity contribution < 1.29 is 9.53 Å². The van der Waals surface area contributed by atoms with Gasteiger partial charge in [-0.1, -0.05) is 19.1 Å². The van der Waals surface area contributed by atoms with Crippen LogP contribution in [0.5, 0.6) is 0 Å². The van der Waals surface area contributed by atoms with Crippen molar-refractivity contribution in [1.82, 2.24) is 0 Å². The molecule has 18 heavy (non-hydrogen) atoms. The average molecular weight is 359 g/mol. The molecule has 0 aromatic heterocycles. The maximum atomic E-state index is 11.4. The fourth-order valence-corrected chi connectivity index (χ4v) is 2.08. The molecule has 0 aliphatic carbocycles. The Balaban J connectivity index is 2.68. The van der Waals surface area contributed by atoms with Gasteiger partial charge in [-0.25, -0.2) is 4.79 Å². The number of esters is 1. The maximum absolute atomic E-state index is 11.4. The van der Waals surface area contributed by atoms with Gasteiger partial charge in [0.2, 0.25) is 0 Å². The van der Waals surface area contributed by atoms with E-state index in [0.29, 0.717) is 18.5 Å². The number of rotatable bonds is 5. The quantitative estimate of drug-likeness (QED) is 0.497. The summed E-state index contributed by atoms with van der Waals surface area (Å²) in [5.74, 6) is -0.251. The molecule has 0 fully saturated rings. The van der Waals surface area contributed by atoms with E-state index in [1.165, 1.54) is 16.2 Å². The highest BCUT2D eigenvalue weighted by molar-refractivity contribution is 14.1. The summed E-state index contributed by atoms with van der Waals surface area (Å²) in [7, 11) is 1.41. The molecule has 98 valence electrons. The first-order valence-electron chi connectivity index (χ1n) is 5.86. The first-order chi connectivity index (χ1) is 8.60. The number of carbonyl (C=O) groups excluding carboxylic acids is 1. The number of hydrogen-bond acceptors (Lipinski definition) is 3. The van der Waals surface area contributed by atoms with Crippen LogP contribution in [0.3, 0.4) is 0 Å². The minimum atomic E-state index is -0.251. The second kappa shape index (κ2) is 7.41. The Bertz CT molecular complexity index is 455. The zero-order valence-electron chi connectivity index (χ0n) is 10.9. The third-order valence-corrected chi connectivity index (χ3v) is 3.91. The Hall–Kier alpha value is -1.04. The number of ether oxygens (including phenoxy) is 1. The predicted octanol–water partition coefficient (Wildman–Crippen LogP) is 3.52. The molecular weight excluding hydrogens is 341 g/mol. The molecule has 0 saturated heterocycles. The zero-order chi connectivity index (χ0) is 13.5. The van der Waals surface area contributed by atoms with Crippen molar-refractivity contribution in [3.05, 3.63) is 39.0 Å². The number of hydrogen-bond donors (Lipinski definition) is 1. The van der Waals surface area contributed by atoms with Gasteiger partial charge in [0.15, 0.2) is 0 Å². The Morgan fingerprint density at radius 1 is 1.50 bits per heavy atom. The molecule has 0 unspecified atom stereocenters. The molecule has 0 aliphatic rings. The summed E-state index contributed by atoms with van der Waals surface area (Å²) < 4.78 is 5.94. The summed E-state index contributed by atoms with van der Waals surface area (Å²) in [6.45, 7) is 4.65. The van der Waals surface area contributed by atoms with Gasteiger partial charge in [0.05, 0.1) is 7.11 Å². The fourth-order valence-electron chi connectivity index (χ4n) is 1.59. The molecule has 3 nitrogen and oxygen atoms in total. The van der Waals surface area contributed by atoms with Crippen LogP contribution < -0.4 is 5.32 Å². The highest BCUT2D eigenvalue weighted by Crippen LogP contribution is 2.20. The molecule has 0 heterocycles. The molecule has 0 spiro atoms. The van der Waals surface area contributed by atoms with Crippen LogP contribution in [0.25, 0.3) is 0 Å². The summed E-state index contributed by atoms with van der Waals surface area (Å²) in [4.78, 5) is 11.4. The van der Waals surface area contributed by atoms with E-state index in [0.717, 1.165) is 5.69 Å². The number of nitrogens with one attached hydrogen (secondary N) is 1. The molecule has 1 N–H and O–H groups in total. The molecule has 0 amide bonds. The van der Waals surface area contributed by atoms with Crippen LogP contribution in [0.2, 0.25) is 0 Å². The third-order valence-electron chi connectivity index (χ3n) is 2.74. The number of anilines is 1. The highest BCUT2D eigenvalue weighted by atomic mass is 127. The Labute approximate surface area is 122 Å². The SMILES string of the molecule is CC/C(=C/CNc1cccc(I)c1C)C(=O)OC. The molecule has 4 heteroatoms. The van der Waals surface area contributed by atoms with Gasteiger partial charge in [0, 0.05) is 21.4 Å². The molecule has 1 aromatic rings. The van der Waals surface area contributed by atoms with Gasteiger partial charge in [-0.3, -0.25) is 0 Å². The van der Waals surface area contributed by atoms with Crippen LogP contribution in [-0.2, 0) is 9.53 Å². The van der Waals surface area contributed by atoms with E-state index in [1.54, 1.807) is 0 Å². The van der Waals surface area contributed by atoms with Crippen molar-refractivity contribution in [2.24, 2.45) is 0 Å². The lowest BCUT2D eigenvalue weighted by molar-refractivity contribution is -0.136. The standard InChI is InChI=1S/C14H18INO2/c1-4-11(14(17)18-3)8-9-16-13-7-5-6-12(15)10(13)2/h5-8,16H,4,9H2,1-3H3/b11-8-. The summed E-state index contributed by atoms with van der Waals surface area (Å²) in [6.07, 6.45) is 2.56. The van der Waals surface area contributed by atoms with Crippen molar-refractivity contribution in [2.45, 2.75) is 20.3 Å². The van der Waals surface area contributed by atoms with Gasteiger partial charge >= 0.3 is 5.97 Å². The van der Waals surface area contributed by atoms with E-state index in [4.69, 9.17) is 4.74 Å². The van der Waals surface area contributed by atoms with Crippen LogP contribution in [0, 0.1) is 10.5 Å². The van der Waals surface area contributed by atoms with Gasteiger partial charge in [-0.05, 0) is 53.6 Å². The van der Waals surface area contributed by atoms with Crippen molar-refractivity contribution in [3.63, 3.8) is 0 Å². The predicted molar refractivity (Wildman–Crippen MR) is 82.8 cm³/mol. The van der Waals surface area contributed by atoms with Gasteiger partial charge in [0.25, 0.3) is 0 Å². The van der Waals surface area contributed by atoms with Gasteiger partial charge in [-0.15, -0.1) is 0 Å². The summed E-state index contributed by atoms with van der Waals surface area (Å²) in [6, 6.07) is 6.12. The van der Waals surface area contributed by atoms with Gasteiger partial charge in [0.1, 0.15) is 0 Å². The van der Waals surface area contributed by atoms with E-state index < -0.39 is 0 Å². The van der Waals surface area contributed by atoms with Gasteiger partial charge < -0.3 is 10.1 Å². The minimum Gasteiger partial charge on any atom is -0.466 e. The normalized spacial score (nSPS) is 11.2. The summed E-state index contributed by atoms with van der Waals surface area (Å²) >= 11 is 2.31. The third kappa shape index (κ3) is 4.01. The molecule has 0 radical (unpaired) electrons. The summed E-state index contributed by atoms with van der Waals surface area (Å²) in [5, 5.41) is 3.31. The number of benzene rings is 1. The van der Waals surface area contributed by atoms with Crippen molar-refractivity contribution in [1.29, 1.82) is 0 Å². The van der Waals surface area contributed by atoms with Crippen LogP contribution in [-0.4, -0.2) is 19.6 Å². The fraction of sp³-hybridized carbons (Fsp3) is 0.357. The minimum absolute atomic E-state index is 0.251. The lowest BCUT2D eigenvalue weighted by atomic mass is 10.2. The zero-order valence-corrected chi connectivity index (χ0v) is 13.1. The molecule has 1 aromatic carbocycles. The van der Waals surface area contributed by atoms with Gasteiger partial charge in [-0.2, -0.15) is 0 Å². The second-order valence-electron chi connectivity index (χ2n) is 3.87. The van der Waals surface area contributed by atoms with Crippen molar-refractivity contribution >= 4 is 34.2 Å². The van der Waals surface area contributed by atoms with E-state index in [9.17, 15) is 4.79 Å². The molecule has 0 atom stereocenters. The number of halogens is 1. The van der Waals surface area contributed by atoms with E-state index in [-0.39, 0.29) is 5.97 Å². The highest BCUT2D eigenvalue weighted by Gasteiger charge is 2.06. The molecule has 0 aliphatic heterocycles. The maximum Gasteiger partial charge on any atom is 0.333 e. The summed E-state index contributed by atoms with van der Waals surface area (Å²) in [5.41, 5.74) is 3.02.